The molecule has 0 spiro atoms. The van der Waals surface area contributed by atoms with E-state index in [0.717, 1.165) is 0 Å². The van der Waals surface area contributed by atoms with Gasteiger partial charge in [-0.1, -0.05) is 194 Å². The standard InChI is InChI=1S/C38H80N.ClHO4/c1-5-7-9-11-13-15-17-19-21-23-25-27-29-31-33-35-37-39(3,4)38-36-34-32-30-28-26-24-22-20-18-16-14-12-10-8-6-2;2-1(3,4)5/h5-38H2,1-4H3;(H,2,3,4,5)/q+1;. The van der Waals surface area contributed by atoms with Crippen molar-refractivity contribution in [2.45, 2.75) is 219 Å². The van der Waals surface area contributed by atoms with E-state index in [1.165, 1.54) is 223 Å². The summed E-state index contributed by atoms with van der Waals surface area (Å²) in [4.78, 5) is 0. The Hall–Kier alpha value is 0.0900. The fourth-order valence-electron chi connectivity index (χ4n) is 6.29. The van der Waals surface area contributed by atoms with Crippen molar-refractivity contribution < 1.29 is 33.4 Å². The van der Waals surface area contributed by atoms with Crippen LogP contribution in [-0.4, -0.2) is 36.3 Å². The second-order valence-corrected chi connectivity index (χ2v) is 15.2. The predicted octanol–water partition coefficient (Wildman–Crippen LogP) is 9.46. The highest BCUT2D eigenvalue weighted by Crippen LogP contribution is 2.16. The van der Waals surface area contributed by atoms with Gasteiger partial charge in [-0.25, -0.2) is 0 Å². The molecule has 0 unspecified atom stereocenters. The number of hydrogen-bond donors (Lipinski definition) is 1. The van der Waals surface area contributed by atoms with Gasteiger partial charge < -0.3 is 4.48 Å². The molecule has 1 N–H and O–H groups in total. The lowest BCUT2D eigenvalue weighted by Gasteiger charge is -2.30. The summed E-state index contributed by atoms with van der Waals surface area (Å²) in [6.45, 7) is 7.39. The summed E-state index contributed by atoms with van der Waals surface area (Å²) in [6.07, 6.45) is 46.9. The van der Waals surface area contributed by atoms with Gasteiger partial charge in [0.25, 0.3) is 0 Å². The average molecular weight is 652 g/mol. The zero-order valence-electron chi connectivity index (χ0n) is 30.5. The number of halogens is 1. The topological polar surface area (TPSA) is 89.4 Å². The minimum absolute atomic E-state index is 1.25. The van der Waals surface area contributed by atoms with Crippen molar-refractivity contribution in [2.24, 2.45) is 0 Å². The first kappa shape index (κ1) is 46.2. The molecule has 0 saturated heterocycles. The predicted molar refractivity (Wildman–Crippen MR) is 183 cm³/mol. The Morgan fingerprint density at radius 1 is 0.341 bits per heavy atom. The smallest absolute Gasteiger partial charge is 0.0782 e. The summed E-state index contributed by atoms with van der Waals surface area (Å²) in [5.74, 6) is 0. The van der Waals surface area contributed by atoms with E-state index in [0.29, 0.717) is 0 Å². The van der Waals surface area contributed by atoms with Crippen LogP contribution in [0.5, 0.6) is 0 Å². The molecule has 0 aromatic rings. The van der Waals surface area contributed by atoms with E-state index in [1.807, 2.05) is 0 Å². The van der Waals surface area contributed by atoms with Gasteiger partial charge in [-0.2, -0.15) is 14.0 Å². The van der Waals surface area contributed by atoms with Gasteiger partial charge in [-0.05, 0) is 25.7 Å². The molecule has 0 radical (unpaired) electrons. The van der Waals surface area contributed by atoms with E-state index in [1.54, 1.807) is 0 Å². The third-order valence-electron chi connectivity index (χ3n) is 9.23. The maximum atomic E-state index is 8.60. The molecule has 0 aromatic carbocycles. The Balaban J connectivity index is 0. The zero-order valence-corrected chi connectivity index (χ0v) is 31.3. The Morgan fingerprint density at radius 2 is 0.477 bits per heavy atom. The quantitative estimate of drug-likeness (QED) is 0.0555. The van der Waals surface area contributed by atoms with Gasteiger partial charge in [0.05, 0.1) is 42.1 Å². The molecule has 0 fully saturated rings. The molecule has 0 aromatic heterocycles. The van der Waals surface area contributed by atoms with Gasteiger partial charge in [-0.3, -0.25) is 0 Å². The van der Waals surface area contributed by atoms with Crippen molar-refractivity contribution in [1.82, 2.24) is 0 Å². The van der Waals surface area contributed by atoms with Crippen molar-refractivity contribution >= 4 is 0 Å². The van der Waals surface area contributed by atoms with Gasteiger partial charge in [0.15, 0.2) is 0 Å². The molecule has 44 heavy (non-hydrogen) atoms. The van der Waals surface area contributed by atoms with Crippen LogP contribution >= 0.6 is 0 Å². The molecule has 0 amide bonds. The Labute approximate surface area is 279 Å². The summed E-state index contributed by atoms with van der Waals surface area (Å²) in [7, 11) is 0.243. The first-order valence-electron chi connectivity index (χ1n) is 19.6. The SMILES string of the molecule is CCCCCCCCCCCCCCCCCC[N+](C)(C)CCCCCCCCCCCCCCCCCC.[O-][Cl+3]([O-])([O-])O. The van der Waals surface area contributed by atoms with Crippen LogP contribution in [0.25, 0.3) is 0 Å². The highest BCUT2D eigenvalue weighted by atomic mass is 35.7. The first-order valence-corrected chi connectivity index (χ1v) is 20.8. The van der Waals surface area contributed by atoms with E-state index < -0.39 is 10.2 Å². The fourth-order valence-corrected chi connectivity index (χ4v) is 6.29. The fraction of sp³-hybridized carbons (Fsp3) is 1.00. The highest BCUT2D eigenvalue weighted by Gasteiger charge is 2.13. The van der Waals surface area contributed by atoms with Gasteiger partial charge in [0.2, 0.25) is 0 Å². The Bertz CT molecular complexity index is 483. The van der Waals surface area contributed by atoms with E-state index in [-0.39, 0.29) is 0 Å². The largest absolute Gasteiger partial charge is 0.328 e. The molecule has 6 heteroatoms. The molecule has 0 aliphatic rings. The van der Waals surface area contributed by atoms with E-state index >= 15 is 0 Å². The molecule has 0 saturated carbocycles. The normalized spacial score (nSPS) is 12.0. The Kier molecular flexibility index (Phi) is 37.7. The summed E-state index contributed by atoms with van der Waals surface area (Å²) in [6, 6.07) is 0. The minimum atomic E-state index is -4.69. The van der Waals surface area contributed by atoms with Crippen LogP contribution in [0.2, 0.25) is 0 Å². The number of nitrogens with zero attached hydrogens (tertiary/aromatic N) is 1. The van der Waals surface area contributed by atoms with Crippen LogP contribution in [0, 0.1) is 10.2 Å². The lowest BCUT2D eigenvalue weighted by Crippen LogP contribution is -2.58. The van der Waals surface area contributed by atoms with E-state index in [9.17, 15) is 0 Å². The first-order chi connectivity index (χ1) is 21.1. The van der Waals surface area contributed by atoms with Crippen LogP contribution in [-0.2, 0) is 0 Å². The lowest BCUT2D eigenvalue weighted by molar-refractivity contribution is -1.92. The van der Waals surface area contributed by atoms with Crippen molar-refractivity contribution in [2.75, 3.05) is 27.2 Å². The molecule has 5 nitrogen and oxygen atoms in total. The highest BCUT2D eigenvalue weighted by molar-refractivity contribution is 4.52. The summed E-state index contributed by atoms with van der Waals surface area (Å²) in [5.41, 5.74) is 0. The van der Waals surface area contributed by atoms with Crippen molar-refractivity contribution in [1.29, 1.82) is 0 Å². The van der Waals surface area contributed by atoms with Gasteiger partial charge in [-0.15, -0.1) is 0 Å². The molecule has 0 bridgehead atoms. The lowest BCUT2D eigenvalue weighted by atomic mass is 10.0. The molecule has 0 aliphatic carbocycles. The number of rotatable bonds is 34. The molecule has 0 heterocycles. The third kappa shape index (κ3) is 49.0. The van der Waals surface area contributed by atoms with Gasteiger partial charge >= 0.3 is 0 Å². The van der Waals surface area contributed by atoms with Crippen LogP contribution in [0.4, 0.5) is 0 Å². The number of hydrogen-bond acceptors (Lipinski definition) is 4. The molecule has 0 aliphatic heterocycles. The third-order valence-corrected chi connectivity index (χ3v) is 9.23. The van der Waals surface area contributed by atoms with Crippen LogP contribution in [0.15, 0.2) is 0 Å². The van der Waals surface area contributed by atoms with Crippen LogP contribution in [0.3, 0.4) is 0 Å². The molecule has 0 atom stereocenters. The van der Waals surface area contributed by atoms with Gasteiger partial charge in [0, 0.05) is 0 Å². The molecular weight excluding hydrogens is 570 g/mol. The van der Waals surface area contributed by atoms with Crippen LogP contribution < -0.4 is 14.0 Å². The van der Waals surface area contributed by atoms with E-state index in [4.69, 9.17) is 18.6 Å². The average Bonchev–Trinajstić information content (AvgIpc) is 2.96. The van der Waals surface area contributed by atoms with Crippen molar-refractivity contribution in [3.05, 3.63) is 0 Å². The maximum absolute atomic E-state index is 8.60. The summed E-state index contributed by atoms with van der Waals surface area (Å²) in [5, 5.41) is 0. The monoisotopic (exact) mass is 651 g/mol. The second kappa shape index (κ2) is 35.9. The van der Waals surface area contributed by atoms with Crippen molar-refractivity contribution in [3.63, 3.8) is 0 Å². The Morgan fingerprint density at radius 3 is 0.636 bits per heavy atom. The number of unbranched alkanes of at least 4 members (excludes halogenated alkanes) is 30. The molecule has 268 valence electrons. The van der Waals surface area contributed by atoms with Gasteiger partial charge in [0.1, 0.15) is 0 Å². The summed E-state index contributed by atoms with van der Waals surface area (Å²) >= 11 is 0. The summed E-state index contributed by atoms with van der Waals surface area (Å²) < 4.78 is 34.0. The number of quaternary nitrogens is 1. The van der Waals surface area contributed by atoms with Crippen LogP contribution in [0.1, 0.15) is 219 Å². The molecule has 0 rings (SSSR count). The second-order valence-electron chi connectivity index (χ2n) is 14.4. The maximum Gasteiger partial charge on any atom is 0.0782 e. The minimum Gasteiger partial charge on any atom is -0.328 e. The van der Waals surface area contributed by atoms with Crippen molar-refractivity contribution in [3.8, 4) is 0 Å². The molecular formula is C38H81ClNO4+. The zero-order chi connectivity index (χ0) is 33.0. The van der Waals surface area contributed by atoms with E-state index in [2.05, 4.69) is 27.9 Å².